The number of nitrogens with zero attached hydrogens (tertiary/aromatic N) is 2. The number of rotatable bonds is 4. The lowest BCUT2D eigenvalue weighted by Gasteiger charge is -2.32. The minimum absolute atomic E-state index is 0.115. The molecule has 1 amide bonds. The Balaban J connectivity index is 2.09. The molecule has 10 heteroatoms. The number of hydrogen-bond acceptors (Lipinski definition) is 5. The molecule has 0 saturated carbocycles. The van der Waals surface area contributed by atoms with Crippen molar-refractivity contribution in [2.75, 3.05) is 27.3 Å². The van der Waals surface area contributed by atoms with E-state index in [9.17, 15) is 22.8 Å². The van der Waals surface area contributed by atoms with Gasteiger partial charge in [-0.15, -0.1) is 0 Å². The van der Waals surface area contributed by atoms with Gasteiger partial charge < -0.3 is 14.4 Å². The Morgan fingerprint density at radius 2 is 1.96 bits per heavy atom. The second kappa shape index (κ2) is 6.93. The quantitative estimate of drug-likeness (QED) is 0.819. The molecule has 1 unspecified atom stereocenters. The number of benzene rings is 1. The molecule has 1 aromatic carbocycles. The van der Waals surface area contributed by atoms with Gasteiger partial charge >= 0.3 is 12.1 Å². The highest BCUT2D eigenvalue weighted by Crippen LogP contribution is 2.41. The number of nitrogens with one attached hydrogen (secondary N) is 1. The molecule has 3 rings (SSSR count). The van der Waals surface area contributed by atoms with E-state index >= 15 is 0 Å². The fourth-order valence-corrected chi connectivity index (χ4v) is 3.09. The third-order valence-electron chi connectivity index (χ3n) is 4.39. The van der Waals surface area contributed by atoms with Crippen LogP contribution >= 0.6 is 0 Å². The molecule has 1 N–H and O–H groups in total. The van der Waals surface area contributed by atoms with Crippen LogP contribution in [-0.4, -0.2) is 54.3 Å². The number of fused-ring (bicyclic) bond motifs is 1. The molecule has 1 atom stereocenters. The molecule has 0 fully saturated rings. The van der Waals surface area contributed by atoms with Gasteiger partial charge in [-0.05, 0) is 17.7 Å². The molecule has 144 valence electrons. The van der Waals surface area contributed by atoms with E-state index in [1.165, 1.54) is 14.2 Å². The lowest BCUT2D eigenvalue weighted by Crippen LogP contribution is -2.43. The van der Waals surface area contributed by atoms with Crippen LogP contribution in [0.4, 0.5) is 13.2 Å². The topological polar surface area (TPSA) is 84.5 Å². The molecule has 27 heavy (non-hydrogen) atoms. The van der Waals surface area contributed by atoms with Crippen molar-refractivity contribution in [3.8, 4) is 5.75 Å². The smallest absolute Gasteiger partial charge is 0.435 e. The van der Waals surface area contributed by atoms with Gasteiger partial charge in [0.15, 0.2) is 5.69 Å². The number of carbonyl (C=O) groups excluding carboxylic acids is 2. The Labute approximate surface area is 152 Å². The Kier molecular flexibility index (Phi) is 4.81. The van der Waals surface area contributed by atoms with Crippen LogP contribution in [0.1, 0.15) is 33.2 Å². The van der Waals surface area contributed by atoms with Crippen molar-refractivity contribution in [3.05, 3.63) is 46.8 Å². The first-order chi connectivity index (χ1) is 12.8. The summed E-state index contributed by atoms with van der Waals surface area (Å²) in [6.07, 6.45) is -4.72. The molecule has 0 spiro atoms. The Morgan fingerprint density at radius 3 is 2.52 bits per heavy atom. The van der Waals surface area contributed by atoms with Crippen molar-refractivity contribution in [1.82, 2.24) is 15.1 Å². The molecule has 0 aliphatic carbocycles. The first-order valence-corrected chi connectivity index (χ1v) is 7.91. The normalized spacial score (nSPS) is 16.9. The van der Waals surface area contributed by atoms with Gasteiger partial charge in [0, 0.05) is 18.0 Å². The standard InChI is InChI=1S/C17H16F3N3O4/c1-26-10-5-3-9(4-6-10)11-7-23(8-12(24)27-2)16(25)14-13(11)15(22-21-14)17(18,19)20/h3-6,11H,7-8H2,1-2H3,(H,21,22). The van der Waals surface area contributed by atoms with Crippen LogP contribution in [0.5, 0.6) is 5.75 Å². The zero-order valence-corrected chi connectivity index (χ0v) is 14.5. The summed E-state index contributed by atoms with van der Waals surface area (Å²) in [6.45, 7) is -0.488. The lowest BCUT2D eigenvalue weighted by atomic mass is 9.85. The maximum atomic E-state index is 13.4. The Hall–Kier alpha value is -3.04. The highest BCUT2D eigenvalue weighted by atomic mass is 19.4. The van der Waals surface area contributed by atoms with Crippen LogP contribution in [0.2, 0.25) is 0 Å². The van der Waals surface area contributed by atoms with Crippen LogP contribution in [-0.2, 0) is 15.7 Å². The van der Waals surface area contributed by atoms with Gasteiger partial charge in [-0.2, -0.15) is 18.3 Å². The molecular formula is C17H16F3N3O4. The van der Waals surface area contributed by atoms with Crippen LogP contribution < -0.4 is 4.74 Å². The van der Waals surface area contributed by atoms with Gasteiger partial charge in [0.25, 0.3) is 5.91 Å². The molecule has 0 radical (unpaired) electrons. The number of esters is 1. The summed E-state index contributed by atoms with van der Waals surface area (Å²) in [4.78, 5) is 25.3. The van der Waals surface area contributed by atoms with Crippen molar-refractivity contribution < 1.29 is 32.2 Å². The van der Waals surface area contributed by atoms with E-state index in [-0.39, 0.29) is 24.3 Å². The summed E-state index contributed by atoms with van der Waals surface area (Å²) in [5.41, 5.74) is -1.10. The molecule has 1 aliphatic rings. The van der Waals surface area contributed by atoms with Crippen LogP contribution in [0, 0.1) is 0 Å². The van der Waals surface area contributed by atoms with E-state index < -0.39 is 29.7 Å². The average Bonchev–Trinajstić information content (AvgIpc) is 3.10. The van der Waals surface area contributed by atoms with E-state index in [0.717, 1.165) is 4.90 Å². The molecule has 0 bridgehead atoms. The summed E-state index contributed by atoms with van der Waals surface area (Å²) in [7, 11) is 2.64. The maximum Gasteiger partial charge on any atom is 0.435 e. The van der Waals surface area contributed by atoms with E-state index in [4.69, 9.17) is 4.74 Å². The largest absolute Gasteiger partial charge is 0.497 e. The monoisotopic (exact) mass is 383 g/mol. The maximum absolute atomic E-state index is 13.4. The minimum Gasteiger partial charge on any atom is -0.497 e. The van der Waals surface area contributed by atoms with Crippen LogP contribution in [0.3, 0.4) is 0 Å². The van der Waals surface area contributed by atoms with Crippen molar-refractivity contribution in [2.24, 2.45) is 0 Å². The second-order valence-electron chi connectivity index (χ2n) is 5.95. The number of alkyl halides is 3. The van der Waals surface area contributed by atoms with Crippen molar-refractivity contribution in [1.29, 1.82) is 0 Å². The number of ether oxygens (including phenoxy) is 2. The van der Waals surface area contributed by atoms with Crippen molar-refractivity contribution >= 4 is 11.9 Å². The minimum atomic E-state index is -4.72. The highest BCUT2D eigenvalue weighted by Gasteiger charge is 2.45. The third kappa shape index (κ3) is 3.46. The van der Waals surface area contributed by atoms with Crippen molar-refractivity contribution in [2.45, 2.75) is 12.1 Å². The summed E-state index contributed by atoms with van der Waals surface area (Å²) < 4.78 is 49.8. The number of methoxy groups -OCH3 is 2. The molecule has 2 aromatic rings. The number of aromatic amines is 1. The van der Waals surface area contributed by atoms with Gasteiger partial charge in [-0.1, -0.05) is 12.1 Å². The van der Waals surface area contributed by atoms with E-state index in [1.807, 2.05) is 0 Å². The Morgan fingerprint density at radius 1 is 1.30 bits per heavy atom. The molecule has 1 aliphatic heterocycles. The zero-order valence-electron chi connectivity index (χ0n) is 14.5. The number of H-pyrrole nitrogens is 1. The zero-order chi connectivity index (χ0) is 19.8. The fourth-order valence-electron chi connectivity index (χ4n) is 3.09. The molecule has 1 aromatic heterocycles. The third-order valence-corrected chi connectivity index (χ3v) is 4.39. The number of amides is 1. The Bertz CT molecular complexity index is 861. The summed E-state index contributed by atoms with van der Waals surface area (Å²) in [5, 5.41) is 5.51. The van der Waals surface area contributed by atoms with Gasteiger partial charge in [0.2, 0.25) is 0 Å². The van der Waals surface area contributed by atoms with Crippen molar-refractivity contribution in [3.63, 3.8) is 0 Å². The SMILES string of the molecule is COC(=O)CN1CC(c2ccc(OC)cc2)c2c(C(F)(F)F)n[nH]c2C1=O. The predicted octanol–water partition coefficient (Wildman–Crippen LogP) is 2.20. The highest BCUT2D eigenvalue weighted by molar-refractivity contribution is 5.97. The number of aromatic nitrogens is 2. The van der Waals surface area contributed by atoms with E-state index in [0.29, 0.717) is 11.3 Å². The van der Waals surface area contributed by atoms with Gasteiger partial charge in [0.05, 0.1) is 14.2 Å². The lowest BCUT2D eigenvalue weighted by molar-refractivity contribution is -0.143. The first kappa shape index (κ1) is 18.7. The van der Waals surface area contributed by atoms with Gasteiger partial charge in [-0.25, -0.2) is 0 Å². The molecule has 2 heterocycles. The average molecular weight is 383 g/mol. The molecule has 7 nitrogen and oxygen atoms in total. The van der Waals surface area contributed by atoms with Gasteiger partial charge in [-0.3, -0.25) is 14.7 Å². The predicted molar refractivity (Wildman–Crippen MR) is 86.3 cm³/mol. The molecule has 0 saturated heterocycles. The number of hydrogen-bond donors (Lipinski definition) is 1. The van der Waals surface area contributed by atoms with Gasteiger partial charge in [0.1, 0.15) is 18.0 Å². The van der Waals surface area contributed by atoms with E-state index in [1.54, 1.807) is 24.3 Å². The first-order valence-electron chi connectivity index (χ1n) is 7.91. The summed E-state index contributed by atoms with van der Waals surface area (Å²) in [6, 6.07) is 6.46. The number of carbonyl (C=O) groups is 2. The van der Waals surface area contributed by atoms with Crippen LogP contribution in [0.15, 0.2) is 24.3 Å². The number of halogens is 3. The summed E-state index contributed by atoms with van der Waals surface area (Å²) >= 11 is 0. The second-order valence-corrected chi connectivity index (χ2v) is 5.95. The summed E-state index contributed by atoms with van der Waals surface area (Å²) in [5.74, 6) is -1.68. The van der Waals surface area contributed by atoms with Crippen LogP contribution in [0.25, 0.3) is 0 Å². The van der Waals surface area contributed by atoms with E-state index in [2.05, 4.69) is 14.9 Å². The fraction of sp³-hybridized carbons (Fsp3) is 0.353. The molecular weight excluding hydrogens is 367 g/mol.